The van der Waals surface area contributed by atoms with E-state index in [0.717, 1.165) is 31.3 Å². The van der Waals surface area contributed by atoms with Crippen molar-refractivity contribution in [2.24, 2.45) is 16.6 Å². The van der Waals surface area contributed by atoms with E-state index in [0.29, 0.717) is 18.0 Å². The molecule has 1 saturated carbocycles. The zero-order valence-corrected chi connectivity index (χ0v) is 16.7. The molecule has 3 N–H and O–H groups in total. The number of aliphatic imine (C=N–C) groups is 1. The Morgan fingerprint density at radius 2 is 2.00 bits per heavy atom. The van der Waals surface area contributed by atoms with Gasteiger partial charge in [0.2, 0.25) is 0 Å². The fraction of sp³-hybridized carbons (Fsp3) is 0.391. The topological polar surface area (TPSA) is 67.5 Å². The number of carbonyl (C=O) groups excluding carboxylic acids is 1. The van der Waals surface area contributed by atoms with Crippen molar-refractivity contribution < 1.29 is 4.79 Å². The van der Waals surface area contributed by atoms with Gasteiger partial charge in [-0.1, -0.05) is 63.5 Å². The van der Waals surface area contributed by atoms with E-state index in [1.54, 1.807) is 12.3 Å². The molecule has 146 valence electrons. The summed E-state index contributed by atoms with van der Waals surface area (Å²) in [6.45, 7) is 12.3. The van der Waals surface area contributed by atoms with Crippen LogP contribution in [0.3, 0.4) is 0 Å². The highest BCUT2D eigenvalue weighted by molar-refractivity contribution is 6.12. The molecule has 4 nitrogen and oxygen atoms in total. The van der Waals surface area contributed by atoms with Gasteiger partial charge < -0.3 is 11.1 Å². The summed E-state index contributed by atoms with van der Waals surface area (Å²) in [5.41, 5.74) is 8.32. The van der Waals surface area contributed by atoms with Crippen LogP contribution in [-0.2, 0) is 4.79 Å². The number of hydrogen-bond acceptors (Lipinski definition) is 3. The second kappa shape index (κ2) is 12.7. The molecule has 0 aromatic rings. The van der Waals surface area contributed by atoms with Crippen molar-refractivity contribution in [1.82, 2.24) is 5.32 Å². The van der Waals surface area contributed by atoms with Crippen LogP contribution in [0.15, 0.2) is 77.5 Å². The molecule has 1 amide bonds. The van der Waals surface area contributed by atoms with Crippen molar-refractivity contribution in [3.05, 3.63) is 72.5 Å². The molecule has 27 heavy (non-hydrogen) atoms. The highest BCUT2D eigenvalue weighted by Gasteiger charge is 2.31. The first-order valence-corrected chi connectivity index (χ1v) is 9.62. The molecule has 0 aromatic carbocycles. The molecule has 1 fully saturated rings. The summed E-state index contributed by atoms with van der Waals surface area (Å²) in [6, 6.07) is 0.155. The first-order chi connectivity index (χ1) is 13.1. The predicted octanol–water partition coefficient (Wildman–Crippen LogP) is 4.40. The normalized spacial score (nSPS) is 21.3. The maximum atomic E-state index is 12.4. The molecule has 1 rings (SSSR count). The molecule has 0 aromatic heterocycles. The Morgan fingerprint density at radius 3 is 2.56 bits per heavy atom. The zero-order chi connectivity index (χ0) is 20.1. The molecule has 1 aliphatic rings. The van der Waals surface area contributed by atoms with Crippen LogP contribution < -0.4 is 11.1 Å². The van der Waals surface area contributed by atoms with E-state index in [1.807, 2.05) is 12.2 Å². The highest BCUT2D eigenvalue weighted by atomic mass is 16.1. The van der Waals surface area contributed by atoms with Gasteiger partial charge in [0.25, 0.3) is 5.91 Å². The van der Waals surface area contributed by atoms with E-state index in [9.17, 15) is 4.79 Å². The average Bonchev–Trinajstić information content (AvgIpc) is 2.64. The fourth-order valence-electron chi connectivity index (χ4n) is 2.93. The van der Waals surface area contributed by atoms with Crippen molar-refractivity contribution in [3.63, 3.8) is 0 Å². The highest BCUT2D eigenvalue weighted by Crippen LogP contribution is 2.34. The number of amides is 1. The Morgan fingerprint density at radius 1 is 1.26 bits per heavy atom. The van der Waals surface area contributed by atoms with Crippen LogP contribution in [0.2, 0.25) is 0 Å². The van der Waals surface area contributed by atoms with Crippen LogP contribution in [0.5, 0.6) is 0 Å². The number of nitrogens with one attached hydrogen (secondary N) is 1. The Labute approximate surface area is 164 Å². The lowest BCUT2D eigenvalue weighted by atomic mass is 9.75. The number of nitrogens with two attached hydrogens (primary N) is 1. The smallest absolute Gasteiger partial charge is 0.254 e. The van der Waals surface area contributed by atoms with Gasteiger partial charge in [-0.05, 0) is 42.7 Å². The second-order valence-corrected chi connectivity index (χ2v) is 6.53. The number of hydrogen-bond donors (Lipinski definition) is 2. The van der Waals surface area contributed by atoms with Gasteiger partial charge in [-0.3, -0.25) is 9.79 Å². The van der Waals surface area contributed by atoms with Gasteiger partial charge in [0.15, 0.2) is 0 Å². The third-order valence-corrected chi connectivity index (χ3v) is 4.47. The van der Waals surface area contributed by atoms with Crippen molar-refractivity contribution in [2.45, 2.75) is 45.6 Å². The van der Waals surface area contributed by atoms with Gasteiger partial charge >= 0.3 is 0 Å². The number of nitrogens with zero attached hydrogens (tertiary/aromatic N) is 1. The molecule has 0 heterocycles. The average molecular weight is 368 g/mol. The first kappa shape index (κ1) is 22.4. The van der Waals surface area contributed by atoms with Crippen LogP contribution in [0.25, 0.3) is 0 Å². The molecule has 1 aliphatic carbocycles. The van der Waals surface area contributed by atoms with E-state index in [4.69, 9.17) is 5.73 Å². The predicted molar refractivity (Wildman–Crippen MR) is 117 cm³/mol. The fourth-order valence-corrected chi connectivity index (χ4v) is 2.93. The van der Waals surface area contributed by atoms with Crippen molar-refractivity contribution in [1.29, 1.82) is 0 Å². The minimum atomic E-state index is -0.178. The summed E-state index contributed by atoms with van der Waals surface area (Å²) in [5, 5.41) is 3.02. The van der Waals surface area contributed by atoms with Gasteiger partial charge in [0.05, 0.1) is 12.1 Å². The van der Waals surface area contributed by atoms with E-state index in [2.05, 4.69) is 55.5 Å². The third kappa shape index (κ3) is 7.65. The summed E-state index contributed by atoms with van der Waals surface area (Å²) in [7, 11) is 0. The van der Waals surface area contributed by atoms with Gasteiger partial charge in [0, 0.05) is 18.5 Å². The molecule has 0 saturated heterocycles. The summed E-state index contributed by atoms with van der Waals surface area (Å²) in [5.74, 6) is 0.250. The number of rotatable bonds is 11. The molecular weight excluding hydrogens is 334 g/mol. The van der Waals surface area contributed by atoms with Crippen molar-refractivity contribution in [2.75, 3.05) is 6.54 Å². The van der Waals surface area contributed by atoms with E-state index >= 15 is 0 Å². The van der Waals surface area contributed by atoms with Crippen LogP contribution in [0.4, 0.5) is 0 Å². The van der Waals surface area contributed by atoms with Gasteiger partial charge in [0.1, 0.15) is 0 Å². The molecule has 0 bridgehead atoms. The summed E-state index contributed by atoms with van der Waals surface area (Å²) in [4.78, 5) is 16.8. The Hall–Kier alpha value is -2.62. The molecule has 0 atom stereocenters. The summed E-state index contributed by atoms with van der Waals surface area (Å²) >= 11 is 0. The number of carbonyl (C=O) groups is 1. The van der Waals surface area contributed by atoms with Crippen molar-refractivity contribution in [3.8, 4) is 0 Å². The minimum absolute atomic E-state index is 0.155. The Bertz CT molecular complexity index is 659. The van der Waals surface area contributed by atoms with Gasteiger partial charge in [-0.15, -0.1) is 0 Å². The third-order valence-electron chi connectivity index (χ3n) is 4.47. The van der Waals surface area contributed by atoms with E-state index < -0.39 is 0 Å². The SMILES string of the molecule is C=C/C=C(\C=C)C1CC(NC(=O)/C(C=NCC(/C=C/CC)=C/CC)=C/N)C1. The molecule has 0 spiro atoms. The maximum absolute atomic E-state index is 12.4. The molecule has 0 unspecified atom stereocenters. The van der Waals surface area contributed by atoms with Gasteiger partial charge in [-0.2, -0.15) is 0 Å². The minimum Gasteiger partial charge on any atom is -0.404 e. The van der Waals surface area contributed by atoms with Crippen LogP contribution >= 0.6 is 0 Å². The van der Waals surface area contributed by atoms with E-state index in [1.165, 1.54) is 11.8 Å². The quantitative estimate of drug-likeness (QED) is 0.323. The maximum Gasteiger partial charge on any atom is 0.254 e. The Balaban J connectivity index is 2.55. The lowest BCUT2D eigenvalue weighted by Crippen LogP contribution is -2.45. The molecule has 0 radical (unpaired) electrons. The first-order valence-electron chi connectivity index (χ1n) is 9.62. The van der Waals surface area contributed by atoms with Crippen LogP contribution in [0, 0.1) is 5.92 Å². The van der Waals surface area contributed by atoms with Crippen LogP contribution in [0.1, 0.15) is 39.5 Å². The largest absolute Gasteiger partial charge is 0.404 e. The summed E-state index contributed by atoms with van der Waals surface area (Å²) < 4.78 is 0. The molecule has 0 aliphatic heterocycles. The van der Waals surface area contributed by atoms with Crippen LogP contribution in [-0.4, -0.2) is 24.7 Å². The monoisotopic (exact) mass is 367 g/mol. The lowest BCUT2D eigenvalue weighted by Gasteiger charge is -2.36. The second-order valence-electron chi connectivity index (χ2n) is 6.53. The number of allylic oxidation sites excluding steroid dienone is 6. The molecular formula is C23H33N3O. The summed E-state index contributed by atoms with van der Waals surface area (Å²) in [6.07, 6.45) is 18.5. The van der Waals surface area contributed by atoms with Gasteiger partial charge in [-0.25, -0.2) is 0 Å². The van der Waals surface area contributed by atoms with E-state index in [-0.39, 0.29) is 11.9 Å². The van der Waals surface area contributed by atoms with Crippen molar-refractivity contribution >= 4 is 12.1 Å². The lowest BCUT2D eigenvalue weighted by molar-refractivity contribution is -0.118. The molecule has 4 heteroatoms. The Kier molecular flexibility index (Phi) is 10.5. The zero-order valence-electron chi connectivity index (χ0n) is 16.7. The standard InChI is InChI=1S/C23H33N3O/c1-5-9-12-18(10-6-2)16-25-17-21(15-24)23(27)26-22-13-20(14-22)19(8-4)11-7-3/h7-12,15,17,20,22H,3-6,13-14,16,24H2,1-2H3,(H,26,27)/b12-9+,18-10+,19-11+,21-15+,25-17?.